The highest BCUT2D eigenvalue weighted by Gasteiger charge is 2.02. The molecule has 6 nitrogen and oxygen atoms in total. The van der Waals surface area contributed by atoms with Crippen LogP contribution in [0.25, 0.3) is 0 Å². The van der Waals surface area contributed by atoms with Crippen LogP contribution < -0.4 is 15.6 Å². The molecule has 23 heavy (non-hydrogen) atoms. The number of anilines is 1. The van der Waals surface area contributed by atoms with E-state index in [1.165, 1.54) is 0 Å². The summed E-state index contributed by atoms with van der Waals surface area (Å²) in [6, 6.07) is 10.2. The number of benzene rings is 1. The molecule has 0 amide bonds. The Labute approximate surface area is 143 Å². The Hall–Kier alpha value is -2.17. The molecule has 124 valence electrons. The molecule has 7 heteroatoms. The lowest BCUT2D eigenvalue weighted by atomic mass is 10.2. The second kappa shape index (κ2) is 10.5. The van der Waals surface area contributed by atoms with Gasteiger partial charge in [0.2, 0.25) is 0 Å². The molecule has 2 N–H and O–H groups in total. The van der Waals surface area contributed by atoms with Gasteiger partial charge in [0.1, 0.15) is 0 Å². The summed E-state index contributed by atoms with van der Waals surface area (Å²) < 4.78 is 5.02. The number of methoxy groups -OCH3 is 1. The van der Waals surface area contributed by atoms with Crippen LogP contribution in [0.1, 0.15) is 18.9 Å². The Bertz CT molecular complexity index is 553. The molecule has 0 aliphatic heterocycles. The number of hydrogen-bond donors (Lipinski definition) is 2. The van der Waals surface area contributed by atoms with Crippen LogP contribution in [0.4, 0.5) is 5.69 Å². The van der Waals surface area contributed by atoms with Crippen LogP contribution in [0.2, 0.25) is 0 Å². The summed E-state index contributed by atoms with van der Waals surface area (Å²) in [5, 5.41) is 16.2. The van der Waals surface area contributed by atoms with Gasteiger partial charge in [-0.15, -0.1) is 0 Å². The second-order valence-corrected chi connectivity index (χ2v) is 5.53. The molecule has 1 aromatic rings. The molecule has 0 fully saturated rings. The predicted molar refractivity (Wildman–Crippen MR) is 97.7 cm³/mol. The smallest absolute Gasteiger partial charge is 0.187 e. The highest BCUT2D eigenvalue weighted by Crippen LogP contribution is 2.13. The molecule has 1 rings (SSSR count). The van der Waals surface area contributed by atoms with E-state index >= 15 is 0 Å². The molecule has 1 aromatic carbocycles. The van der Waals surface area contributed by atoms with E-state index in [0.717, 1.165) is 11.3 Å². The third-order valence-electron chi connectivity index (χ3n) is 3.07. The summed E-state index contributed by atoms with van der Waals surface area (Å²) in [4.78, 5) is 2.04. The second-order valence-electron chi connectivity index (χ2n) is 5.12. The van der Waals surface area contributed by atoms with Crippen molar-refractivity contribution < 1.29 is 4.74 Å². The fourth-order valence-corrected chi connectivity index (χ4v) is 2.13. The molecular formula is C16H23N5OS. The Morgan fingerprint density at radius 1 is 1.48 bits per heavy atom. The van der Waals surface area contributed by atoms with Gasteiger partial charge in [0.25, 0.3) is 0 Å². The van der Waals surface area contributed by atoms with Gasteiger partial charge in [-0.05, 0) is 36.8 Å². The van der Waals surface area contributed by atoms with E-state index in [-0.39, 0.29) is 6.04 Å². The molecule has 0 spiro atoms. The maximum absolute atomic E-state index is 8.61. The van der Waals surface area contributed by atoms with Crippen molar-refractivity contribution in [2.45, 2.75) is 19.4 Å². The summed E-state index contributed by atoms with van der Waals surface area (Å²) in [6.45, 7) is 3.26. The fourth-order valence-electron chi connectivity index (χ4n) is 1.87. The van der Waals surface area contributed by atoms with E-state index in [0.29, 0.717) is 24.7 Å². The molecule has 0 radical (unpaired) electrons. The van der Waals surface area contributed by atoms with Crippen LogP contribution in [0, 0.1) is 11.3 Å². The number of ether oxygens (including phenoxy) is 1. The largest absolute Gasteiger partial charge is 0.383 e. The summed E-state index contributed by atoms with van der Waals surface area (Å²) in [5.74, 6) is 0. The van der Waals surface area contributed by atoms with Gasteiger partial charge in [0.15, 0.2) is 5.11 Å². The number of nitrogens with zero attached hydrogens (tertiary/aromatic N) is 3. The normalized spacial score (nSPS) is 11.7. The molecule has 0 aromatic heterocycles. The Kier molecular flexibility index (Phi) is 8.65. The fraction of sp³-hybridized carbons (Fsp3) is 0.438. The zero-order valence-corrected chi connectivity index (χ0v) is 14.6. The van der Waals surface area contributed by atoms with Gasteiger partial charge < -0.3 is 15.0 Å². The third-order valence-corrected chi connectivity index (χ3v) is 3.28. The standard InChI is InChI=1S/C16H23N5OS/c1-13(12-22-3)19-16(23)20-18-11-14-5-7-15(8-6-14)21(2)10-4-9-17/h5-8,11,13H,4,10,12H2,1-3H3,(H2,19,20,23)/b18-11-/t13-/m0/s1. The molecule has 0 bridgehead atoms. The topological polar surface area (TPSA) is 72.7 Å². The number of rotatable bonds is 8. The van der Waals surface area contributed by atoms with Crippen LogP contribution in [0.5, 0.6) is 0 Å². The zero-order chi connectivity index (χ0) is 17.1. The lowest BCUT2D eigenvalue weighted by Crippen LogP contribution is -2.40. The third kappa shape index (κ3) is 7.58. The number of nitrogens with one attached hydrogen (secondary N) is 2. The Morgan fingerprint density at radius 3 is 2.78 bits per heavy atom. The van der Waals surface area contributed by atoms with E-state index < -0.39 is 0 Å². The molecule has 0 aliphatic rings. The minimum absolute atomic E-state index is 0.124. The minimum Gasteiger partial charge on any atom is -0.383 e. The number of nitriles is 1. The number of hydrazone groups is 1. The summed E-state index contributed by atoms with van der Waals surface area (Å²) in [6.07, 6.45) is 2.21. The van der Waals surface area contributed by atoms with Crippen LogP contribution in [-0.4, -0.2) is 44.7 Å². The lowest BCUT2D eigenvalue weighted by molar-refractivity contribution is 0.179. The van der Waals surface area contributed by atoms with Gasteiger partial charge in [-0.1, -0.05) is 12.1 Å². The first-order valence-electron chi connectivity index (χ1n) is 7.33. The maximum atomic E-state index is 8.61. The minimum atomic E-state index is 0.124. The number of hydrogen-bond acceptors (Lipinski definition) is 5. The van der Waals surface area contributed by atoms with Crippen molar-refractivity contribution >= 4 is 29.2 Å². The molecular weight excluding hydrogens is 310 g/mol. The van der Waals surface area contributed by atoms with E-state index in [1.807, 2.05) is 43.1 Å². The predicted octanol–water partition coefficient (Wildman–Crippen LogP) is 1.87. The maximum Gasteiger partial charge on any atom is 0.187 e. The van der Waals surface area contributed by atoms with Crippen molar-refractivity contribution in [1.29, 1.82) is 5.26 Å². The highest BCUT2D eigenvalue weighted by atomic mass is 32.1. The molecule has 0 aliphatic carbocycles. The molecule has 1 atom stereocenters. The Balaban J connectivity index is 2.45. The summed E-state index contributed by atoms with van der Waals surface area (Å²) in [7, 11) is 3.61. The first-order chi connectivity index (χ1) is 11.1. The highest BCUT2D eigenvalue weighted by molar-refractivity contribution is 7.80. The summed E-state index contributed by atoms with van der Waals surface area (Å²) in [5.41, 5.74) is 4.80. The SMILES string of the molecule is COC[C@H](C)NC(=S)N/N=C\c1ccc(N(C)CCC#N)cc1. The van der Waals surface area contributed by atoms with Gasteiger partial charge in [0, 0.05) is 32.4 Å². The van der Waals surface area contributed by atoms with Gasteiger partial charge in [-0.25, -0.2) is 0 Å². The van der Waals surface area contributed by atoms with Gasteiger partial charge in [0.05, 0.1) is 25.3 Å². The first kappa shape index (κ1) is 18.9. The molecule has 0 heterocycles. The van der Waals surface area contributed by atoms with Crippen LogP contribution in [0.3, 0.4) is 0 Å². The summed E-state index contributed by atoms with van der Waals surface area (Å²) >= 11 is 5.13. The van der Waals surface area contributed by atoms with E-state index in [2.05, 4.69) is 21.9 Å². The van der Waals surface area contributed by atoms with E-state index in [1.54, 1.807) is 13.3 Å². The van der Waals surface area contributed by atoms with Gasteiger partial charge in [-0.3, -0.25) is 5.43 Å². The van der Waals surface area contributed by atoms with E-state index in [4.69, 9.17) is 22.2 Å². The first-order valence-corrected chi connectivity index (χ1v) is 7.74. The molecule has 0 saturated heterocycles. The van der Waals surface area contributed by atoms with Crippen LogP contribution in [0.15, 0.2) is 29.4 Å². The average Bonchev–Trinajstić information content (AvgIpc) is 2.53. The molecule has 0 saturated carbocycles. The Morgan fingerprint density at radius 2 is 2.17 bits per heavy atom. The lowest BCUT2D eigenvalue weighted by Gasteiger charge is -2.17. The quantitative estimate of drug-likeness (QED) is 0.430. The van der Waals surface area contributed by atoms with Crippen LogP contribution in [-0.2, 0) is 4.74 Å². The van der Waals surface area contributed by atoms with E-state index in [9.17, 15) is 0 Å². The van der Waals surface area contributed by atoms with Crippen molar-refractivity contribution in [2.75, 3.05) is 32.2 Å². The van der Waals surface area contributed by atoms with Crippen molar-refractivity contribution in [2.24, 2.45) is 5.10 Å². The van der Waals surface area contributed by atoms with Crippen LogP contribution >= 0.6 is 12.2 Å². The average molecular weight is 333 g/mol. The monoisotopic (exact) mass is 333 g/mol. The zero-order valence-electron chi connectivity index (χ0n) is 13.7. The van der Waals surface area contributed by atoms with Crippen molar-refractivity contribution in [3.05, 3.63) is 29.8 Å². The van der Waals surface area contributed by atoms with Gasteiger partial charge in [-0.2, -0.15) is 10.4 Å². The van der Waals surface area contributed by atoms with Crippen molar-refractivity contribution in [3.63, 3.8) is 0 Å². The van der Waals surface area contributed by atoms with Gasteiger partial charge >= 0.3 is 0 Å². The number of thiocarbonyl (C=S) groups is 1. The van der Waals surface area contributed by atoms with Crippen molar-refractivity contribution in [3.8, 4) is 6.07 Å². The van der Waals surface area contributed by atoms with Crippen molar-refractivity contribution in [1.82, 2.24) is 10.7 Å². The molecule has 0 unspecified atom stereocenters.